The number of anilines is 1. The van der Waals surface area contributed by atoms with E-state index in [2.05, 4.69) is 20.7 Å². The van der Waals surface area contributed by atoms with Gasteiger partial charge in [-0.2, -0.15) is 4.80 Å². The molecule has 26 heavy (non-hydrogen) atoms. The van der Waals surface area contributed by atoms with Gasteiger partial charge in [0.05, 0.1) is 15.7 Å². The molecule has 1 aromatic heterocycles. The Labute approximate surface area is 157 Å². The molecule has 2 amide bonds. The molecule has 0 aliphatic carbocycles. The number of hydrogen-bond acceptors (Lipinski definition) is 5. The summed E-state index contributed by atoms with van der Waals surface area (Å²) in [5, 5.41) is 15.1. The largest absolute Gasteiger partial charge is 0.366 e. The first-order valence-electron chi connectivity index (χ1n) is 7.36. The Hall–Kier alpha value is -2.97. The lowest BCUT2D eigenvalue weighted by molar-refractivity contribution is -0.117. The van der Waals surface area contributed by atoms with E-state index in [1.807, 2.05) is 0 Å². The lowest BCUT2D eigenvalue weighted by Crippen LogP contribution is -2.20. The van der Waals surface area contributed by atoms with Crippen molar-refractivity contribution in [2.24, 2.45) is 5.73 Å². The molecule has 0 aliphatic heterocycles. The van der Waals surface area contributed by atoms with Crippen LogP contribution in [0.1, 0.15) is 10.4 Å². The zero-order valence-corrected chi connectivity index (χ0v) is 14.7. The molecule has 0 saturated carbocycles. The number of carbonyl (C=O) groups is 2. The number of hydrogen-bond donors (Lipinski definition) is 2. The number of benzene rings is 2. The highest BCUT2D eigenvalue weighted by Gasteiger charge is 2.13. The quantitative estimate of drug-likeness (QED) is 0.693. The highest BCUT2D eigenvalue weighted by atomic mass is 35.5. The van der Waals surface area contributed by atoms with Crippen LogP contribution in [0.4, 0.5) is 5.69 Å². The summed E-state index contributed by atoms with van der Waals surface area (Å²) in [7, 11) is 0. The van der Waals surface area contributed by atoms with E-state index in [0.29, 0.717) is 32.7 Å². The molecule has 3 aromatic rings. The number of tetrazole rings is 1. The maximum atomic E-state index is 12.1. The lowest BCUT2D eigenvalue weighted by Gasteiger charge is -2.08. The first-order chi connectivity index (χ1) is 12.4. The smallest absolute Gasteiger partial charge is 0.248 e. The van der Waals surface area contributed by atoms with Crippen LogP contribution in [0.2, 0.25) is 10.0 Å². The number of nitrogens with two attached hydrogens (primary N) is 1. The van der Waals surface area contributed by atoms with Crippen molar-refractivity contribution in [1.29, 1.82) is 0 Å². The molecule has 132 valence electrons. The van der Waals surface area contributed by atoms with E-state index in [9.17, 15) is 9.59 Å². The Morgan fingerprint density at radius 3 is 2.35 bits per heavy atom. The number of rotatable bonds is 5. The highest BCUT2D eigenvalue weighted by molar-refractivity contribution is 6.39. The molecule has 0 unspecified atom stereocenters. The standard InChI is InChI=1S/C16H12Cl2N6O2/c17-11-2-1-3-12(18)14(11)20-13(25)8-24-22-16(21-23-24)10-6-4-9(5-7-10)15(19)26/h1-7H,8H2,(H2,19,26)(H,20,25). The SMILES string of the molecule is NC(=O)c1ccc(-c2nnn(CC(=O)Nc3c(Cl)cccc3Cl)n2)cc1. The van der Waals surface area contributed by atoms with Crippen LogP contribution in [0.5, 0.6) is 0 Å². The van der Waals surface area contributed by atoms with Gasteiger partial charge in [-0.25, -0.2) is 0 Å². The third kappa shape index (κ3) is 3.98. The van der Waals surface area contributed by atoms with Crippen LogP contribution in [-0.4, -0.2) is 32.0 Å². The summed E-state index contributed by atoms with van der Waals surface area (Å²) < 4.78 is 0. The molecule has 1 heterocycles. The Kier molecular flexibility index (Phi) is 5.15. The van der Waals surface area contributed by atoms with Crippen LogP contribution < -0.4 is 11.1 Å². The predicted octanol–water partition coefficient (Wildman–Crippen LogP) is 2.38. The van der Waals surface area contributed by atoms with Gasteiger partial charge in [0.15, 0.2) is 0 Å². The monoisotopic (exact) mass is 390 g/mol. The molecular weight excluding hydrogens is 379 g/mol. The summed E-state index contributed by atoms with van der Waals surface area (Å²) in [6.45, 7) is -0.173. The van der Waals surface area contributed by atoms with Crippen molar-refractivity contribution in [2.45, 2.75) is 6.54 Å². The fourth-order valence-electron chi connectivity index (χ4n) is 2.13. The van der Waals surface area contributed by atoms with Crippen molar-refractivity contribution in [2.75, 3.05) is 5.32 Å². The minimum absolute atomic E-state index is 0.173. The molecule has 8 nitrogen and oxygen atoms in total. The topological polar surface area (TPSA) is 116 Å². The second-order valence-corrected chi connectivity index (χ2v) is 6.04. The first-order valence-corrected chi connectivity index (χ1v) is 8.11. The number of halogens is 2. The summed E-state index contributed by atoms with van der Waals surface area (Å²) in [5.41, 5.74) is 6.53. The van der Waals surface area contributed by atoms with Crippen LogP contribution in [0.15, 0.2) is 42.5 Å². The molecule has 3 rings (SSSR count). The number of carbonyl (C=O) groups excluding carboxylic acids is 2. The Balaban J connectivity index is 1.70. The molecule has 0 aliphatic rings. The molecule has 0 spiro atoms. The van der Waals surface area contributed by atoms with Gasteiger partial charge in [0.1, 0.15) is 6.54 Å². The number of amides is 2. The van der Waals surface area contributed by atoms with Crippen molar-refractivity contribution in [1.82, 2.24) is 20.2 Å². The van der Waals surface area contributed by atoms with E-state index < -0.39 is 11.8 Å². The van der Waals surface area contributed by atoms with Gasteiger partial charge in [0.25, 0.3) is 0 Å². The van der Waals surface area contributed by atoms with Gasteiger partial charge in [0, 0.05) is 11.1 Å². The van der Waals surface area contributed by atoms with E-state index in [4.69, 9.17) is 28.9 Å². The van der Waals surface area contributed by atoms with E-state index in [1.54, 1.807) is 42.5 Å². The summed E-state index contributed by atoms with van der Waals surface area (Å²) in [4.78, 5) is 24.4. The minimum Gasteiger partial charge on any atom is -0.366 e. The van der Waals surface area contributed by atoms with Gasteiger partial charge in [-0.3, -0.25) is 9.59 Å². The number of nitrogens with one attached hydrogen (secondary N) is 1. The third-order valence-corrected chi connectivity index (χ3v) is 4.02. The summed E-state index contributed by atoms with van der Waals surface area (Å²) >= 11 is 12.0. The third-order valence-electron chi connectivity index (χ3n) is 3.39. The van der Waals surface area contributed by atoms with E-state index in [0.717, 1.165) is 4.80 Å². The molecule has 0 radical (unpaired) electrons. The predicted molar refractivity (Wildman–Crippen MR) is 96.9 cm³/mol. The molecule has 3 N–H and O–H groups in total. The molecule has 10 heteroatoms. The average molecular weight is 391 g/mol. The zero-order chi connectivity index (χ0) is 18.7. The highest BCUT2D eigenvalue weighted by Crippen LogP contribution is 2.29. The van der Waals surface area contributed by atoms with Crippen molar-refractivity contribution in [3.05, 3.63) is 58.1 Å². The second kappa shape index (κ2) is 7.51. The number of para-hydroxylation sites is 1. The molecule has 2 aromatic carbocycles. The molecule has 0 atom stereocenters. The number of nitrogens with zero attached hydrogens (tertiary/aromatic N) is 4. The fourth-order valence-corrected chi connectivity index (χ4v) is 2.63. The van der Waals surface area contributed by atoms with Gasteiger partial charge in [-0.15, -0.1) is 10.2 Å². The lowest BCUT2D eigenvalue weighted by atomic mass is 10.1. The van der Waals surface area contributed by atoms with Crippen LogP contribution in [-0.2, 0) is 11.3 Å². The van der Waals surface area contributed by atoms with Gasteiger partial charge in [-0.05, 0) is 29.5 Å². The van der Waals surface area contributed by atoms with Crippen LogP contribution in [0.3, 0.4) is 0 Å². The Morgan fingerprint density at radius 1 is 1.08 bits per heavy atom. The molecule has 0 fully saturated rings. The maximum absolute atomic E-state index is 12.1. The fraction of sp³-hybridized carbons (Fsp3) is 0.0625. The maximum Gasteiger partial charge on any atom is 0.248 e. The molecule has 0 saturated heterocycles. The van der Waals surface area contributed by atoms with E-state index in [1.165, 1.54) is 0 Å². The van der Waals surface area contributed by atoms with Crippen molar-refractivity contribution in [3.63, 3.8) is 0 Å². The van der Waals surface area contributed by atoms with Crippen LogP contribution in [0, 0.1) is 0 Å². The zero-order valence-electron chi connectivity index (χ0n) is 13.2. The van der Waals surface area contributed by atoms with Crippen molar-refractivity contribution >= 4 is 40.7 Å². The molecular formula is C16H12Cl2N6O2. The van der Waals surface area contributed by atoms with Crippen LogP contribution >= 0.6 is 23.2 Å². The van der Waals surface area contributed by atoms with Crippen molar-refractivity contribution < 1.29 is 9.59 Å². The second-order valence-electron chi connectivity index (χ2n) is 5.23. The summed E-state index contributed by atoms with van der Waals surface area (Å²) in [6, 6.07) is 11.3. The van der Waals surface area contributed by atoms with E-state index in [-0.39, 0.29) is 6.54 Å². The normalized spacial score (nSPS) is 10.5. The van der Waals surface area contributed by atoms with Gasteiger partial charge in [0.2, 0.25) is 17.6 Å². The van der Waals surface area contributed by atoms with Gasteiger partial charge < -0.3 is 11.1 Å². The summed E-state index contributed by atoms with van der Waals surface area (Å²) in [6.07, 6.45) is 0. The van der Waals surface area contributed by atoms with E-state index >= 15 is 0 Å². The average Bonchev–Trinajstić information content (AvgIpc) is 3.07. The van der Waals surface area contributed by atoms with Gasteiger partial charge in [-0.1, -0.05) is 41.4 Å². The minimum atomic E-state index is -0.525. The summed E-state index contributed by atoms with van der Waals surface area (Å²) in [5.74, 6) is -0.624. The number of aromatic nitrogens is 4. The first kappa shape index (κ1) is 17.8. The molecule has 0 bridgehead atoms. The van der Waals surface area contributed by atoms with Gasteiger partial charge >= 0.3 is 0 Å². The van der Waals surface area contributed by atoms with Crippen molar-refractivity contribution in [3.8, 4) is 11.4 Å². The Bertz CT molecular complexity index is 951. The Morgan fingerprint density at radius 2 is 1.73 bits per heavy atom. The number of primary amides is 1. The van der Waals surface area contributed by atoms with Crippen LogP contribution in [0.25, 0.3) is 11.4 Å².